The minimum Gasteiger partial charge on any atom is -0.384 e. The molecule has 0 saturated carbocycles. The van der Waals surface area contributed by atoms with Gasteiger partial charge in [0.1, 0.15) is 11.4 Å². The highest BCUT2D eigenvalue weighted by Crippen LogP contribution is 2.32. The number of hydrogen-bond acceptors (Lipinski definition) is 5. The molecule has 0 aliphatic rings. The summed E-state index contributed by atoms with van der Waals surface area (Å²) in [6, 6.07) is 19.0. The summed E-state index contributed by atoms with van der Waals surface area (Å²) in [6.45, 7) is 6.32. The third-order valence-electron chi connectivity index (χ3n) is 5.51. The van der Waals surface area contributed by atoms with E-state index >= 15 is 0 Å². The number of carbonyl (C=O) groups excluding carboxylic acids is 1. The number of benzene rings is 2. The topological polar surface area (TPSA) is 99.1 Å². The molecule has 0 spiro atoms. The van der Waals surface area contributed by atoms with Crippen LogP contribution in [0.5, 0.6) is 0 Å². The molecule has 0 radical (unpaired) electrons. The number of nitrogens with two attached hydrogens (primary N) is 1. The molecule has 0 saturated heterocycles. The summed E-state index contributed by atoms with van der Waals surface area (Å²) in [6.07, 6.45) is 0. The number of nitrogens with one attached hydrogen (secondary N) is 1. The van der Waals surface area contributed by atoms with Gasteiger partial charge in [-0.05, 0) is 16.5 Å². The minimum atomic E-state index is -0.685. The van der Waals surface area contributed by atoms with Crippen LogP contribution in [0.15, 0.2) is 70.3 Å². The molecule has 1 unspecified atom stereocenters. The molecule has 1 atom stereocenters. The Labute approximate surface area is 187 Å². The van der Waals surface area contributed by atoms with Crippen molar-refractivity contribution in [3.05, 3.63) is 98.2 Å². The van der Waals surface area contributed by atoms with Crippen molar-refractivity contribution in [3.63, 3.8) is 0 Å². The molecule has 3 aromatic rings. The van der Waals surface area contributed by atoms with Gasteiger partial charge in [0.05, 0.1) is 13.1 Å². The maximum absolute atomic E-state index is 13.1. The van der Waals surface area contributed by atoms with Crippen LogP contribution in [-0.2, 0) is 13.6 Å². The largest absolute Gasteiger partial charge is 0.384 e. The number of nitrogens with zero attached hydrogens (tertiary/aromatic N) is 2. The molecular formula is C25H30N4O3. The molecule has 1 heterocycles. The van der Waals surface area contributed by atoms with Gasteiger partial charge in [-0.2, -0.15) is 0 Å². The number of Topliss-reactive ketones (excluding diaryl/α,β-unsaturated/α-hetero) is 1. The lowest BCUT2D eigenvalue weighted by atomic mass is 9.82. The fourth-order valence-electron chi connectivity index (χ4n) is 3.82. The van der Waals surface area contributed by atoms with Gasteiger partial charge in [-0.25, -0.2) is 4.79 Å². The average molecular weight is 435 g/mol. The second-order valence-electron chi connectivity index (χ2n) is 8.99. The first-order valence-corrected chi connectivity index (χ1v) is 10.6. The lowest BCUT2D eigenvalue weighted by Crippen LogP contribution is -2.44. The smallest absolute Gasteiger partial charge is 0.332 e. The standard InChI is InChI=1S/C25H30N4O3/c1-25(2,3)21(18-13-9-6-10-14-18)27-15-19(30)20-22(26)29(24(32)28(4)23(20)31)16-17-11-7-5-8-12-17/h5-14,21,27H,15-16,26H2,1-4H3. The molecular weight excluding hydrogens is 404 g/mol. The van der Waals surface area contributed by atoms with Gasteiger partial charge in [-0.3, -0.25) is 18.7 Å². The van der Waals surface area contributed by atoms with Crippen LogP contribution in [0.25, 0.3) is 0 Å². The molecule has 168 valence electrons. The van der Waals surface area contributed by atoms with E-state index in [9.17, 15) is 14.4 Å². The van der Waals surface area contributed by atoms with E-state index in [1.807, 2.05) is 60.7 Å². The minimum absolute atomic E-state index is 0.0835. The molecule has 7 nitrogen and oxygen atoms in total. The lowest BCUT2D eigenvalue weighted by Gasteiger charge is -2.32. The third kappa shape index (κ3) is 4.89. The first-order valence-electron chi connectivity index (χ1n) is 10.6. The average Bonchev–Trinajstić information content (AvgIpc) is 2.76. The van der Waals surface area contributed by atoms with Crippen LogP contribution in [-0.4, -0.2) is 21.5 Å². The number of carbonyl (C=O) groups is 1. The van der Waals surface area contributed by atoms with E-state index < -0.39 is 17.0 Å². The van der Waals surface area contributed by atoms with Gasteiger partial charge in [0.15, 0.2) is 5.78 Å². The number of aromatic nitrogens is 2. The van der Waals surface area contributed by atoms with Crippen molar-refractivity contribution in [2.24, 2.45) is 12.5 Å². The normalized spacial score (nSPS) is 12.5. The molecule has 1 aromatic heterocycles. The maximum Gasteiger partial charge on any atom is 0.332 e. The van der Waals surface area contributed by atoms with Crippen LogP contribution >= 0.6 is 0 Å². The molecule has 0 amide bonds. The molecule has 32 heavy (non-hydrogen) atoms. The second-order valence-corrected chi connectivity index (χ2v) is 8.99. The number of ketones is 1. The van der Waals surface area contributed by atoms with E-state index in [0.29, 0.717) is 0 Å². The van der Waals surface area contributed by atoms with E-state index in [1.165, 1.54) is 11.6 Å². The van der Waals surface area contributed by atoms with Crippen LogP contribution in [0, 0.1) is 5.41 Å². The quantitative estimate of drug-likeness (QED) is 0.557. The molecule has 2 aromatic carbocycles. The predicted molar refractivity (Wildman–Crippen MR) is 127 cm³/mol. The van der Waals surface area contributed by atoms with Gasteiger partial charge in [0.2, 0.25) is 0 Å². The van der Waals surface area contributed by atoms with E-state index in [2.05, 4.69) is 26.1 Å². The Kier molecular flexibility index (Phi) is 6.79. The lowest BCUT2D eigenvalue weighted by molar-refractivity contribution is 0.0977. The summed E-state index contributed by atoms with van der Waals surface area (Å²) < 4.78 is 2.20. The van der Waals surface area contributed by atoms with E-state index in [0.717, 1.165) is 15.7 Å². The van der Waals surface area contributed by atoms with E-state index in [4.69, 9.17) is 5.73 Å². The Bertz CT molecular complexity index is 1210. The Hall–Kier alpha value is -3.45. The van der Waals surface area contributed by atoms with Crippen LogP contribution in [0.1, 0.15) is 48.3 Å². The Morgan fingerprint density at radius 2 is 1.56 bits per heavy atom. The van der Waals surface area contributed by atoms with Gasteiger partial charge >= 0.3 is 5.69 Å². The Morgan fingerprint density at radius 1 is 1.00 bits per heavy atom. The second kappa shape index (κ2) is 9.36. The van der Waals surface area contributed by atoms with Gasteiger partial charge in [0.25, 0.3) is 5.56 Å². The Balaban J connectivity index is 1.94. The van der Waals surface area contributed by atoms with E-state index in [1.54, 1.807) is 0 Å². The zero-order valence-corrected chi connectivity index (χ0v) is 19.0. The number of anilines is 1. The summed E-state index contributed by atoms with van der Waals surface area (Å²) in [5.74, 6) is -0.559. The fourth-order valence-corrected chi connectivity index (χ4v) is 3.82. The number of nitrogen functional groups attached to an aromatic ring is 1. The third-order valence-corrected chi connectivity index (χ3v) is 5.51. The summed E-state index contributed by atoms with van der Waals surface area (Å²) in [5, 5.41) is 3.29. The number of hydrogen-bond donors (Lipinski definition) is 2. The van der Waals surface area contributed by atoms with Gasteiger partial charge in [-0.15, -0.1) is 0 Å². The molecule has 0 aliphatic heterocycles. The van der Waals surface area contributed by atoms with Crippen LogP contribution in [0.4, 0.5) is 5.82 Å². The highest BCUT2D eigenvalue weighted by Gasteiger charge is 2.28. The van der Waals surface area contributed by atoms with Crippen molar-refractivity contribution in [3.8, 4) is 0 Å². The van der Waals surface area contributed by atoms with Crippen molar-refractivity contribution < 1.29 is 4.79 Å². The molecule has 0 bridgehead atoms. The predicted octanol–water partition coefficient (Wildman–Crippen LogP) is 2.74. The molecule has 3 rings (SSSR count). The first kappa shape index (κ1) is 23.2. The first-order chi connectivity index (χ1) is 15.1. The summed E-state index contributed by atoms with van der Waals surface area (Å²) in [7, 11) is 1.36. The van der Waals surface area contributed by atoms with Crippen LogP contribution < -0.4 is 22.3 Å². The number of rotatable bonds is 7. The molecule has 7 heteroatoms. The molecule has 3 N–H and O–H groups in total. The van der Waals surface area contributed by atoms with Crippen molar-refractivity contribution in [1.82, 2.24) is 14.5 Å². The fraction of sp³-hybridized carbons (Fsp3) is 0.320. The summed E-state index contributed by atoms with van der Waals surface area (Å²) >= 11 is 0. The Morgan fingerprint density at radius 3 is 2.12 bits per heavy atom. The van der Waals surface area contributed by atoms with Crippen molar-refractivity contribution >= 4 is 11.6 Å². The van der Waals surface area contributed by atoms with Gasteiger partial charge in [-0.1, -0.05) is 81.4 Å². The zero-order valence-electron chi connectivity index (χ0n) is 19.0. The molecule has 0 fully saturated rings. The van der Waals surface area contributed by atoms with Crippen molar-refractivity contribution in [2.45, 2.75) is 33.4 Å². The van der Waals surface area contributed by atoms with E-state index in [-0.39, 0.29) is 35.9 Å². The zero-order chi connectivity index (χ0) is 23.5. The van der Waals surface area contributed by atoms with Crippen LogP contribution in [0.2, 0.25) is 0 Å². The van der Waals surface area contributed by atoms with Crippen LogP contribution in [0.3, 0.4) is 0 Å². The summed E-state index contributed by atoms with van der Waals surface area (Å²) in [4.78, 5) is 38.6. The maximum atomic E-state index is 13.1. The van der Waals surface area contributed by atoms with Gasteiger partial charge < -0.3 is 11.1 Å². The summed E-state index contributed by atoms with van der Waals surface area (Å²) in [5.41, 5.74) is 6.50. The highest BCUT2D eigenvalue weighted by atomic mass is 16.2. The van der Waals surface area contributed by atoms with Crippen molar-refractivity contribution in [2.75, 3.05) is 12.3 Å². The molecule has 0 aliphatic carbocycles. The highest BCUT2D eigenvalue weighted by molar-refractivity contribution is 6.01. The van der Waals surface area contributed by atoms with Gasteiger partial charge in [0, 0.05) is 13.1 Å². The monoisotopic (exact) mass is 434 g/mol. The van der Waals surface area contributed by atoms with Crippen molar-refractivity contribution in [1.29, 1.82) is 0 Å². The SMILES string of the molecule is Cn1c(=O)c(C(=O)CNC(c2ccccc2)C(C)(C)C)c(N)n(Cc2ccccc2)c1=O.